The molecule has 8 heteroatoms. The normalized spacial score (nSPS) is 45.6. The van der Waals surface area contributed by atoms with Gasteiger partial charge in [-0.1, -0.05) is 6.92 Å². The highest BCUT2D eigenvalue weighted by Crippen LogP contribution is 2.64. The van der Waals surface area contributed by atoms with Crippen LogP contribution in [0.15, 0.2) is 6.33 Å². The lowest BCUT2D eigenvalue weighted by atomic mass is 9.49. The minimum absolute atomic E-state index is 0.0179. The van der Waals surface area contributed by atoms with E-state index in [1.165, 1.54) is 11.1 Å². The zero-order valence-corrected chi connectivity index (χ0v) is 17.6. The quantitative estimate of drug-likeness (QED) is 0.803. The number of ketones is 1. The standard InChI is InChI=1S/C22H32F2N4O2/c1-21-8-6-15-14-7-9-22(30,20(23)24)10-13(14)2-3-16(15)17(21)4-5-18(21)19(29)11-28-26-12-25-27-28/h12-18,20,30H,2-11H2,1H3/t13-,14+,15-,16-,17+,18-,21+,22-/m1/s1. The molecule has 0 saturated heterocycles. The Morgan fingerprint density at radius 3 is 2.67 bits per heavy atom. The van der Waals surface area contributed by atoms with Crippen molar-refractivity contribution in [2.45, 2.75) is 83.3 Å². The second-order valence-electron chi connectivity index (χ2n) is 10.7. The summed E-state index contributed by atoms with van der Waals surface area (Å²) in [5, 5.41) is 21.9. The molecule has 0 aliphatic heterocycles. The number of alkyl halides is 2. The van der Waals surface area contributed by atoms with Gasteiger partial charge in [-0.25, -0.2) is 8.78 Å². The van der Waals surface area contributed by atoms with Crippen LogP contribution in [-0.2, 0) is 11.3 Å². The summed E-state index contributed by atoms with van der Waals surface area (Å²) < 4.78 is 26.8. The topological polar surface area (TPSA) is 80.9 Å². The first-order chi connectivity index (χ1) is 14.3. The number of carbonyl (C=O) groups is 1. The summed E-state index contributed by atoms with van der Waals surface area (Å²) in [5.41, 5.74) is -1.76. The third-order valence-corrected chi connectivity index (χ3v) is 9.53. The smallest absolute Gasteiger partial charge is 0.266 e. The van der Waals surface area contributed by atoms with Crippen molar-refractivity contribution in [3.63, 3.8) is 0 Å². The molecule has 0 bridgehead atoms. The molecule has 0 spiro atoms. The SMILES string of the molecule is C[C@]12CC[C@H]3[C@@H](CC[C@@H]4C[C@@](O)(C(F)F)CC[C@@H]43)[C@@H]1CC[C@@H]2C(=O)Cn1ncnn1. The summed E-state index contributed by atoms with van der Waals surface area (Å²) in [7, 11) is 0. The fourth-order valence-electron chi connectivity index (χ4n) is 8.15. The molecule has 6 nitrogen and oxygen atoms in total. The molecule has 1 heterocycles. The van der Waals surface area contributed by atoms with Crippen LogP contribution in [0.2, 0.25) is 0 Å². The van der Waals surface area contributed by atoms with Gasteiger partial charge in [0.2, 0.25) is 0 Å². The van der Waals surface area contributed by atoms with Crippen LogP contribution in [0.4, 0.5) is 8.78 Å². The maximum absolute atomic E-state index is 13.4. The lowest BCUT2D eigenvalue weighted by Gasteiger charge is -2.57. The van der Waals surface area contributed by atoms with E-state index in [1.807, 2.05) is 0 Å². The number of aromatic nitrogens is 4. The Kier molecular flexibility index (Phi) is 4.99. The van der Waals surface area contributed by atoms with Crippen LogP contribution in [0.25, 0.3) is 0 Å². The van der Waals surface area contributed by atoms with Crippen LogP contribution in [-0.4, -0.2) is 43.1 Å². The lowest BCUT2D eigenvalue weighted by molar-refractivity contribution is -0.160. The van der Waals surface area contributed by atoms with Gasteiger partial charge in [-0.15, -0.1) is 10.2 Å². The second-order valence-corrected chi connectivity index (χ2v) is 10.7. The summed E-state index contributed by atoms with van der Waals surface area (Å²) >= 11 is 0. The van der Waals surface area contributed by atoms with Gasteiger partial charge >= 0.3 is 0 Å². The van der Waals surface area contributed by atoms with E-state index >= 15 is 0 Å². The molecule has 0 unspecified atom stereocenters. The van der Waals surface area contributed by atoms with Gasteiger partial charge < -0.3 is 5.11 Å². The Morgan fingerprint density at radius 1 is 1.13 bits per heavy atom. The molecular formula is C22H32F2N4O2. The van der Waals surface area contributed by atoms with E-state index in [2.05, 4.69) is 22.3 Å². The number of aliphatic hydroxyl groups is 1. The molecule has 30 heavy (non-hydrogen) atoms. The van der Waals surface area contributed by atoms with Gasteiger partial charge in [0.05, 0.1) is 0 Å². The molecule has 1 aromatic rings. The van der Waals surface area contributed by atoms with Crippen molar-refractivity contribution in [3.8, 4) is 0 Å². The molecule has 4 saturated carbocycles. The van der Waals surface area contributed by atoms with E-state index < -0.39 is 12.0 Å². The highest BCUT2D eigenvalue weighted by Gasteiger charge is 2.59. The van der Waals surface area contributed by atoms with Crippen LogP contribution in [0.5, 0.6) is 0 Å². The van der Waals surface area contributed by atoms with E-state index in [-0.39, 0.29) is 42.4 Å². The average Bonchev–Trinajstić information content (AvgIpc) is 3.34. The average molecular weight is 423 g/mol. The number of carbonyl (C=O) groups excluding carboxylic acids is 1. The number of Topliss-reactive ketones (excluding diaryl/α,β-unsaturated/α-hetero) is 1. The summed E-state index contributed by atoms with van der Waals surface area (Å²) in [5.74, 6) is 2.62. The Balaban J connectivity index is 1.30. The highest BCUT2D eigenvalue weighted by atomic mass is 19.3. The minimum atomic E-state index is -2.65. The number of tetrazole rings is 1. The first-order valence-corrected chi connectivity index (χ1v) is 11.6. The van der Waals surface area contributed by atoms with Crippen molar-refractivity contribution in [3.05, 3.63) is 6.33 Å². The third kappa shape index (κ3) is 3.12. The van der Waals surface area contributed by atoms with Crippen LogP contribution in [0.1, 0.15) is 64.7 Å². The van der Waals surface area contributed by atoms with Crippen molar-refractivity contribution >= 4 is 5.78 Å². The number of hydrogen-bond acceptors (Lipinski definition) is 5. The fraction of sp³-hybridized carbons (Fsp3) is 0.909. The van der Waals surface area contributed by atoms with Crippen molar-refractivity contribution < 1.29 is 18.7 Å². The number of hydrogen-bond donors (Lipinski definition) is 1. The van der Waals surface area contributed by atoms with Crippen molar-refractivity contribution in [2.24, 2.45) is 40.9 Å². The molecule has 0 aromatic carbocycles. The molecule has 8 atom stereocenters. The zero-order chi connectivity index (χ0) is 21.1. The monoisotopic (exact) mass is 422 g/mol. The fourth-order valence-corrected chi connectivity index (χ4v) is 8.15. The molecular weight excluding hydrogens is 390 g/mol. The van der Waals surface area contributed by atoms with Gasteiger partial charge in [-0.05, 0) is 98.0 Å². The summed E-state index contributed by atoms with van der Waals surface area (Å²) in [6.45, 7) is 2.50. The molecule has 4 fully saturated rings. The Morgan fingerprint density at radius 2 is 1.93 bits per heavy atom. The molecule has 1 N–H and O–H groups in total. The molecule has 4 aliphatic rings. The second kappa shape index (κ2) is 7.31. The maximum Gasteiger partial charge on any atom is 0.266 e. The van der Waals surface area contributed by atoms with Crippen LogP contribution < -0.4 is 0 Å². The van der Waals surface area contributed by atoms with Gasteiger partial charge in [0.1, 0.15) is 12.1 Å². The van der Waals surface area contributed by atoms with E-state index in [9.17, 15) is 18.7 Å². The van der Waals surface area contributed by atoms with Crippen molar-refractivity contribution in [2.75, 3.05) is 0 Å². The summed E-state index contributed by atoms with van der Waals surface area (Å²) in [4.78, 5) is 14.4. The van der Waals surface area contributed by atoms with Crippen molar-refractivity contribution in [1.82, 2.24) is 20.2 Å². The van der Waals surface area contributed by atoms with Crippen LogP contribution in [0.3, 0.4) is 0 Å². The molecule has 166 valence electrons. The van der Waals surface area contributed by atoms with Gasteiger partial charge in [0, 0.05) is 5.92 Å². The van der Waals surface area contributed by atoms with E-state index in [0.717, 1.165) is 44.9 Å². The minimum Gasteiger partial charge on any atom is -0.384 e. The molecule has 0 amide bonds. The number of halogens is 2. The predicted molar refractivity (Wildman–Crippen MR) is 104 cm³/mol. The van der Waals surface area contributed by atoms with Gasteiger partial charge in [0.15, 0.2) is 12.1 Å². The Labute approximate surface area is 175 Å². The summed E-state index contributed by atoms with van der Waals surface area (Å²) in [6.07, 6.45) is 6.02. The summed E-state index contributed by atoms with van der Waals surface area (Å²) in [6, 6.07) is 0. The number of fused-ring (bicyclic) bond motifs is 5. The first-order valence-electron chi connectivity index (χ1n) is 11.6. The van der Waals surface area contributed by atoms with E-state index in [1.54, 1.807) is 0 Å². The number of nitrogens with zero attached hydrogens (tertiary/aromatic N) is 4. The van der Waals surface area contributed by atoms with Crippen LogP contribution >= 0.6 is 0 Å². The maximum atomic E-state index is 13.4. The molecule has 4 aliphatic carbocycles. The molecule has 1 aromatic heterocycles. The Hall–Kier alpha value is -1.44. The Bertz CT molecular complexity index is 790. The van der Waals surface area contributed by atoms with Gasteiger partial charge in [0.25, 0.3) is 6.43 Å². The van der Waals surface area contributed by atoms with Gasteiger partial charge in [-0.3, -0.25) is 4.79 Å². The largest absolute Gasteiger partial charge is 0.384 e. The van der Waals surface area contributed by atoms with E-state index in [0.29, 0.717) is 23.7 Å². The zero-order valence-electron chi connectivity index (χ0n) is 17.6. The number of rotatable bonds is 4. The van der Waals surface area contributed by atoms with Crippen molar-refractivity contribution in [1.29, 1.82) is 0 Å². The molecule has 0 radical (unpaired) electrons. The third-order valence-electron chi connectivity index (χ3n) is 9.53. The molecule has 5 rings (SSSR count). The van der Waals surface area contributed by atoms with Crippen LogP contribution in [0, 0.1) is 40.9 Å². The van der Waals surface area contributed by atoms with E-state index in [4.69, 9.17) is 0 Å². The lowest BCUT2D eigenvalue weighted by Crippen LogP contribution is -2.53. The highest BCUT2D eigenvalue weighted by molar-refractivity contribution is 5.81. The first kappa shape index (κ1) is 20.5. The van der Waals surface area contributed by atoms with Gasteiger partial charge in [-0.2, -0.15) is 4.80 Å². The predicted octanol–water partition coefficient (Wildman–Crippen LogP) is 3.51.